The molecule has 0 bridgehead atoms. The summed E-state index contributed by atoms with van der Waals surface area (Å²) in [6.07, 6.45) is -2.47. The molecule has 30 heavy (non-hydrogen) atoms. The summed E-state index contributed by atoms with van der Waals surface area (Å²) in [4.78, 5) is 27.8. The summed E-state index contributed by atoms with van der Waals surface area (Å²) in [5.74, 6) is -0.884. The van der Waals surface area contributed by atoms with E-state index < -0.39 is 23.7 Å². The Balaban J connectivity index is 1.60. The molecule has 0 aliphatic carbocycles. The molecule has 6 nitrogen and oxygen atoms in total. The number of carbonyl (C=O) groups excluding carboxylic acids is 1. The summed E-state index contributed by atoms with van der Waals surface area (Å²) in [6.45, 7) is 0. The molecule has 2 amide bonds. The minimum Gasteiger partial charge on any atom is -0.481 e. The van der Waals surface area contributed by atoms with Gasteiger partial charge in [0, 0.05) is 24.0 Å². The Morgan fingerprint density at radius 2 is 1.73 bits per heavy atom. The van der Waals surface area contributed by atoms with Crippen LogP contribution < -0.4 is 10.6 Å². The van der Waals surface area contributed by atoms with E-state index in [2.05, 4.69) is 15.6 Å². The fraction of sp³-hybridized carbons (Fsp3) is 0.150. The summed E-state index contributed by atoms with van der Waals surface area (Å²) < 4.78 is 38.3. The Bertz CT molecular complexity index is 1050. The van der Waals surface area contributed by atoms with Gasteiger partial charge in [0.2, 0.25) is 0 Å². The van der Waals surface area contributed by atoms with E-state index in [4.69, 9.17) is 5.11 Å². The molecule has 1 aromatic heterocycles. The Hall–Kier alpha value is -3.40. The van der Waals surface area contributed by atoms with Crippen LogP contribution in [-0.2, 0) is 17.4 Å². The van der Waals surface area contributed by atoms with Crippen LogP contribution in [0.2, 0.25) is 0 Å². The number of aromatic nitrogens is 1. The Morgan fingerprint density at radius 1 is 1.03 bits per heavy atom. The number of aliphatic carboxylic acids is 1. The van der Waals surface area contributed by atoms with Crippen LogP contribution in [0.4, 0.5) is 29.3 Å². The van der Waals surface area contributed by atoms with E-state index in [1.165, 1.54) is 23.5 Å². The first-order chi connectivity index (χ1) is 14.2. The summed E-state index contributed by atoms with van der Waals surface area (Å²) >= 11 is 1.39. The summed E-state index contributed by atoms with van der Waals surface area (Å²) in [6, 6.07) is 10.5. The molecule has 0 radical (unpaired) electrons. The average Bonchev–Trinajstić information content (AvgIpc) is 3.15. The Kier molecular flexibility index (Phi) is 6.36. The maximum Gasteiger partial charge on any atom is 0.416 e. The zero-order chi connectivity index (χ0) is 21.7. The highest BCUT2D eigenvalue weighted by Gasteiger charge is 2.30. The quantitative estimate of drug-likeness (QED) is 0.477. The molecule has 0 fully saturated rings. The lowest BCUT2D eigenvalue weighted by Crippen LogP contribution is -2.19. The van der Waals surface area contributed by atoms with Crippen LogP contribution in [-0.4, -0.2) is 22.1 Å². The number of halogens is 3. The molecule has 0 atom stereocenters. The Labute approximate surface area is 173 Å². The highest BCUT2D eigenvalue weighted by Crippen LogP contribution is 2.31. The molecule has 0 aliphatic rings. The molecule has 156 valence electrons. The Morgan fingerprint density at radius 3 is 2.40 bits per heavy atom. The minimum atomic E-state index is -4.49. The van der Waals surface area contributed by atoms with Gasteiger partial charge in [-0.25, -0.2) is 9.78 Å². The number of hydrogen-bond acceptors (Lipinski definition) is 4. The normalized spacial score (nSPS) is 11.2. The third-order valence-corrected chi connectivity index (χ3v) is 5.09. The second kappa shape index (κ2) is 8.95. The fourth-order valence-corrected chi connectivity index (χ4v) is 3.48. The lowest BCUT2D eigenvalue weighted by Gasteiger charge is -2.11. The number of hydrogen-bond donors (Lipinski definition) is 3. The van der Waals surface area contributed by atoms with Crippen molar-refractivity contribution in [3.8, 4) is 10.4 Å². The molecule has 2 aromatic carbocycles. The van der Waals surface area contributed by atoms with Crippen molar-refractivity contribution < 1.29 is 27.9 Å². The molecule has 0 saturated heterocycles. The van der Waals surface area contributed by atoms with E-state index in [9.17, 15) is 22.8 Å². The fourth-order valence-electron chi connectivity index (χ4n) is 2.56. The second-order valence-electron chi connectivity index (χ2n) is 6.25. The molecular formula is C20H16F3N3O3S. The number of aryl methyl sites for hydroxylation is 1. The number of alkyl halides is 3. The number of benzene rings is 2. The molecule has 10 heteroatoms. The molecular weight excluding hydrogens is 419 g/mol. The van der Waals surface area contributed by atoms with Crippen LogP contribution in [0, 0.1) is 0 Å². The summed E-state index contributed by atoms with van der Waals surface area (Å²) in [5.41, 5.74) is 0.478. The topological polar surface area (TPSA) is 91.3 Å². The zero-order valence-electron chi connectivity index (χ0n) is 15.4. The lowest BCUT2D eigenvalue weighted by atomic mass is 10.2. The van der Waals surface area contributed by atoms with Gasteiger partial charge >= 0.3 is 18.2 Å². The van der Waals surface area contributed by atoms with Gasteiger partial charge in [0.05, 0.1) is 21.9 Å². The van der Waals surface area contributed by atoms with Crippen LogP contribution in [0.15, 0.2) is 54.7 Å². The molecule has 0 aliphatic heterocycles. The van der Waals surface area contributed by atoms with E-state index in [0.29, 0.717) is 12.1 Å². The molecule has 0 unspecified atom stereocenters. The number of thiazole rings is 1. The molecule has 3 rings (SSSR count). The van der Waals surface area contributed by atoms with Crippen LogP contribution >= 0.6 is 11.3 Å². The summed E-state index contributed by atoms with van der Waals surface area (Å²) in [5, 5.41) is 14.4. The molecule has 3 aromatic rings. The molecule has 0 saturated carbocycles. The number of carbonyl (C=O) groups is 2. The standard InChI is InChI=1S/C20H16F3N3O3S/c21-20(22,23)13-2-1-3-15(10-13)26-19(29)25-14-6-4-12(5-7-14)16-11-24-17(30-16)8-9-18(27)28/h1-7,10-11H,8-9H2,(H,27,28)(H2,25,26,29). The smallest absolute Gasteiger partial charge is 0.416 e. The lowest BCUT2D eigenvalue weighted by molar-refractivity contribution is -0.138. The van der Waals surface area contributed by atoms with E-state index in [1.54, 1.807) is 30.5 Å². The number of carboxylic acids is 1. The number of nitrogens with one attached hydrogen (secondary N) is 2. The van der Waals surface area contributed by atoms with Gasteiger partial charge in [-0.3, -0.25) is 4.79 Å². The number of carboxylic acid groups (broad SMARTS) is 1. The first-order valence-electron chi connectivity index (χ1n) is 8.73. The van der Waals surface area contributed by atoms with Crippen molar-refractivity contribution in [2.45, 2.75) is 19.0 Å². The number of amides is 2. The maximum atomic E-state index is 12.8. The van der Waals surface area contributed by atoms with Gasteiger partial charge < -0.3 is 15.7 Å². The highest BCUT2D eigenvalue weighted by atomic mass is 32.1. The van der Waals surface area contributed by atoms with Crippen LogP contribution in [0.25, 0.3) is 10.4 Å². The van der Waals surface area contributed by atoms with Gasteiger partial charge in [0.25, 0.3) is 0 Å². The van der Waals surface area contributed by atoms with Crippen LogP contribution in [0.1, 0.15) is 17.0 Å². The van der Waals surface area contributed by atoms with Crippen LogP contribution in [0.5, 0.6) is 0 Å². The number of nitrogens with zero attached hydrogens (tertiary/aromatic N) is 1. The van der Waals surface area contributed by atoms with Crippen molar-refractivity contribution in [1.29, 1.82) is 0 Å². The van der Waals surface area contributed by atoms with E-state index in [0.717, 1.165) is 27.6 Å². The monoisotopic (exact) mass is 435 g/mol. The third-order valence-electron chi connectivity index (χ3n) is 3.98. The van der Waals surface area contributed by atoms with Crippen molar-refractivity contribution in [2.24, 2.45) is 0 Å². The average molecular weight is 435 g/mol. The number of rotatable bonds is 6. The van der Waals surface area contributed by atoms with E-state index in [-0.39, 0.29) is 12.1 Å². The van der Waals surface area contributed by atoms with Crippen molar-refractivity contribution in [1.82, 2.24) is 4.98 Å². The van der Waals surface area contributed by atoms with Gasteiger partial charge in [0.15, 0.2) is 0 Å². The first-order valence-corrected chi connectivity index (χ1v) is 9.54. The van der Waals surface area contributed by atoms with Crippen LogP contribution in [0.3, 0.4) is 0 Å². The van der Waals surface area contributed by atoms with Crippen molar-refractivity contribution in [3.05, 3.63) is 65.3 Å². The molecule has 3 N–H and O–H groups in total. The highest BCUT2D eigenvalue weighted by molar-refractivity contribution is 7.15. The minimum absolute atomic E-state index is 0.0107. The van der Waals surface area contributed by atoms with Gasteiger partial charge in [0.1, 0.15) is 0 Å². The predicted octanol–water partition coefficient (Wildman–Crippen LogP) is 5.49. The van der Waals surface area contributed by atoms with Gasteiger partial charge in [-0.05, 0) is 35.9 Å². The van der Waals surface area contributed by atoms with Crippen molar-refractivity contribution in [2.75, 3.05) is 10.6 Å². The van der Waals surface area contributed by atoms with E-state index >= 15 is 0 Å². The van der Waals surface area contributed by atoms with Crippen molar-refractivity contribution >= 4 is 34.7 Å². The third kappa shape index (κ3) is 5.80. The number of urea groups is 1. The maximum absolute atomic E-state index is 12.8. The van der Waals surface area contributed by atoms with Gasteiger partial charge in [-0.1, -0.05) is 18.2 Å². The van der Waals surface area contributed by atoms with Crippen molar-refractivity contribution in [3.63, 3.8) is 0 Å². The predicted molar refractivity (Wildman–Crippen MR) is 108 cm³/mol. The van der Waals surface area contributed by atoms with Gasteiger partial charge in [-0.15, -0.1) is 11.3 Å². The van der Waals surface area contributed by atoms with Gasteiger partial charge in [-0.2, -0.15) is 13.2 Å². The molecule has 1 heterocycles. The zero-order valence-corrected chi connectivity index (χ0v) is 16.2. The SMILES string of the molecule is O=C(O)CCc1ncc(-c2ccc(NC(=O)Nc3cccc(C(F)(F)F)c3)cc2)s1. The largest absolute Gasteiger partial charge is 0.481 e. The summed E-state index contributed by atoms with van der Waals surface area (Å²) in [7, 11) is 0. The number of anilines is 2. The second-order valence-corrected chi connectivity index (χ2v) is 7.36. The first kappa shape index (κ1) is 21.3. The molecule has 0 spiro atoms. The van der Waals surface area contributed by atoms with E-state index in [1.807, 2.05) is 0 Å².